The van der Waals surface area contributed by atoms with Gasteiger partial charge in [0.2, 0.25) is 0 Å². The molecule has 1 rings (SSSR count). The number of likely N-dealkylation sites (N-methyl/N-ethyl adjacent to an activating group) is 1. The Morgan fingerprint density at radius 3 is 2.65 bits per heavy atom. The third kappa shape index (κ3) is 3.22. The predicted molar refractivity (Wildman–Crippen MR) is 64.8 cm³/mol. The average Bonchev–Trinajstić information content (AvgIpc) is 2.29. The number of nitrogens with zero attached hydrogens (tertiary/aromatic N) is 2. The first-order valence-electron chi connectivity index (χ1n) is 5.87. The standard InChI is InChI=1S/C12H20N2O3/c1-4-10(11(15)16)13(3)12(17)14-7-5-9(2)6-8-14/h5,10H,4,6-8H2,1-3H3,(H,15,16). The number of hydrogen-bond donors (Lipinski definition) is 1. The molecule has 0 saturated heterocycles. The Morgan fingerprint density at radius 1 is 1.59 bits per heavy atom. The van der Waals surface area contributed by atoms with Gasteiger partial charge in [0, 0.05) is 20.1 Å². The molecule has 0 spiro atoms. The van der Waals surface area contributed by atoms with E-state index >= 15 is 0 Å². The number of rotatable bonds is 3. The summed E-state index contributed by atoms with van der Waals surface area (Å²) >= 11 is 0. The van der Waals surface area contributed by atoms with Crippen LogP contribution in [0.2, 0.25) is 0 Å². The maximum Gasteiger partial charge on any atom is 0.326 e. The van der Waals surface area contributed by atoms with Crippen molar-refractivity contribution in [1.82, 2.24) is 9.80 Å². The van der Waals surface area contributed by atoms with E-state index in [1.54, 1.807) is 18.9 Å². The highest BCUT2D eigenvalue weighted by Gasteiger charge is 2.28. The van der Waals surface area contributed by atoms with Crippen LogP contribution in [0.15, 0.2) is 11.6 Å². The minimum absolute atomic E-state index is 0.206. The van der Waals surface area contributed by atoms with Gasteiger partial charge in [-0.05, 0) is 19.8 Å². The highest BCUT2D eigenvalue weighted by atomic mass is 16.4. The summed E-state index contributed by atoms with van der Waals surface area (Å²) in [7, 11) is 1.55. The summed E-state index contributed by atoms with van der Waals surface area (Å²) in [5, 5.41) is 9.01. The summed E-state index contributed by atoms with van der Waals surface area (Å²) in [5.41, 5.74) is 1.28. The van der Waals surface area contributed by atoms with Crippen molar-refractivity contribution in [1.29, 1.82) is 0 Å². The molecule has 17 heavy (non-hydrogen) atoms. The summed E-state index contributed by atoms with van der Waals surface area (Å²) in [6.45, 7) is 5.05. The van der Waals surface area contributed by atoms with E-state index in [4.69, 9.17) is 5.11 Å². The monoisotopic (exact) mass is 240 g/mol. The molecule has 0 bridgehead atoms. The van der Waals surface area contributed by atoms with Crippen LogP contribution in [-0.4, -0.2) is 53.1 Å². The van der Waals surface area contributed by atoms with Gasteiger partial charge < -0.3 is 14.9 Å². The lowest BCUT2D eigenvalue weighted by molar-refractivity contribution is -0.142. The summed E-state index contributed by atoms with van der Waals surface area (Å²) in [6, 6.07) is -0.947. The van der Waals surface area contributed by atoms with E-state index in [1.165, 1.54) is 10.5 Å². The smallest absolute Gasteiger partial charge is 0.326 e. The largest absolute Gasteiger partial charge is 0.480 e. The first-order valence-corrected chi connectivity index (χ1v) is 5.87. The molecular weight excluding hydrogens is 220 g/mol. The summed E-state index contributed by atoms with van der Waals surface area (Å²) in [5.74, 6) is -0.952. The predicted octanol–water partition coefficient (Wildman–Crippen LogP) is 1.55. The topological polar surface area (TPSA) is 60.9 Å². The molecule has 1 aliphatic heterocycles. The van der Waals surface area contributed by atoms with Crippen LogP contribution < -0.4 is 0 Å². The Morgan fingerprint density at radius 2 is 2.24 bits per heavy atom. The van der Waals surface area contributed by atoms with Crippen molar-refractivity contribution in [3.8, 4) is 0 Å². The molecule has 0 aromatic rings. The normalized spacial score (nSPS) is 17.4. The van der Waals surface area contributed by atoms with Gasteiger partial charge in [0.1, 0.15) is 6.04 Å². The van der Waals surface area contributed by atoms with Crippen molar-refractivity contribution in [2.45, 2.75) is 32.7 Å². The molecule has 1 aliphatic rings. The quantitative estimate of drug-likeness (QED) is 0.761. The number of carboxylic acid groups (broad SMARTS) is 1. The van der Waals surface area contributed by atoms with Crippen LogP contribution in [0.1, 0.15) is 26.7 Å². The number of urea groups is 1. The van der Waals surface area contributed by atoms with E-state index in [0.717, 1.165) is 6.42 Å². The van der Waals surface area contributed by atoms with Crippen LogP contribution in [0.4, 0.5) is 4.79 Å². The van der Waals surface area contributed by atoms with Gasteiger partial charge in [-0.2, -0.15) is 0 Å². The van der Waals surface area contributed by atoms with E-state index in [-0.39, 0.29) is 6.03 Å². The van der Waals surface area contributed by atoms with Crippen LogP contribution in [0.5, 0.6) is 0 Å². The molecule has 96 valence electrons. The van der Waals surface area contributed by atoms with Gasteiger partial charge >= 0.3 is 12.0 Å². The number of aliphatic carboxylic acids is 1. The highest BCUT2D eigenvalue weighted by Crippen LogP contribution is 2.13. The third-order valence-electron chi connectivity index (χ3n) is 3.15. The van der Waals surface area contributed by atoms with Gasteiger partial charge in [0.25, 0.3) is 0 Å². The number of carboxylic acids is 1. The van der Waals surface area contributed by atoms with Crippen molar-refractivity contribution < 1.29 is 14.7 Å². The zero-order valence-electron chi connectivity index (χ0n) is 10.6. The van der Waals surface area contributed by atoms with Gasteiger partial charge in [-0.3, -0.25) is 0 Å². The first-order chi connectivity index (χ1) is 7.97. The molecule has 1 atom stereocenters. The minimum atomic E-state index is -0.952. The van der Waals surface area contributed by atoms with Crippen LogP contribution in [0.25, 0.3) is 0 Å². The fourth-order valence-electron chi connectivity index (χ4n) is 1.91. The highest BCUT2D eigenvalue weighted by molar-refractivity contribution is 5.82. The number of amides is 2. The molecule has 5 nitrogen and oxygen atoms in total. The number of hydrogen-bond acceptors (Lipinski definition) is 2. The van der Waals surface area contributed by atoms with E-state index in [9.17, 15) is 9.59 Å². The molecule has 0 saturated carbocycles. The maximum absolute atomic E-state index is 12.1. The molecule has 2 amide bonds. The van der Waals surface area contributed by atoms with Gasteiger partial charge in [0.05, 0.1) is 0 Å². The molecule has 0 radical (unpaired) electrons. The van der Waals surface area contributed by atoms with Crippen LogP contribution >= 0.6 is 0 Å². The molecule has 0 aliphatic carbocycles. The molecule has 0 fully saturated rings. The SMILES string of the molecule is CCC(C(=O)O)N(C)C(=O)N1CC=C(C)CC1. The Hall–Kier alpha value is -1.52. The summed E-state index contributed by atoms with van der Waals surface area (Å²) < 4.78 is 0. The van der Waals surface area contributed by atoms with E-state index in [1.807, 2.05) is 13.0 Å². The fraction of sp³-hybridized carbons (Fsp3) is 0.667. The lowest BCUT2D eigenvalue weighted by Gasteiger charge is -2.32. The van der Waals surface area contributed by atoms with Gasteiger partial charge in [-0.25, -0.2) is 9.59 Å². The lowest BCUT2D eigenvalue weighted by Crippen LogP contribution is -2.49. The number of carbonyl (C=O) groups is 2. The van der Waals surface area contributed by atoms with Gasteiger partial charge in [-0.1, -0.05) is 18.6 Å². The van der Waals surface area contributed by atoms with E-state index in [2.05, 4.69) is 0 Å². The lowest BCUT2D eigenvalue weighted by atomic mass is 10.1. The first kappa shape index (κ1) is 13.5. The fourth-order valence-corrected chi connectivity index (χ4v) is 1.91. The zero-order valence-corrected chi connectivity index (χ0v) is 10.6. The average molecular weight is 240 g/mol. The van der Waals surface area contributed by atoms with Gasteiger partial charge in [0.15, 0.2) is 0 Å². The second-order valence-electron chi connectivity index (χ2n) is 4.40. The van der Waals surface area contributed by atoms with E-state index in [0.29, 0.717) is 19.5 Å². The summed E-state index contributed by atoms with van der Waals surface area (Å²) in [6.07, 6.45) is 3.29. The van der Waals surface area contributed by atoms with Crippen molar-refractivity contribution >= 4 is 12.0 Å². The Kier molecular flexibility index (Phi) is 4.54. The number of carbonyl (C=O) groups excluding carboxylic acids is 1. The Balaban J connectivity index is 2.66. The molecule has 0 aromatic carbocycles. The Bertz CT molecular complexity index is 339. The van der Waals surface area contributed by atoms with Crippen molar-refractivity contribution in [3.05, 3.63) is 11.6 Å². The van der Waals surface area contributed by atoms with Gasteiger partial charge in [-0.15, -0.1) is 0 Å². The molecule has 1 unspecified atom stereocenters. The minimum Gasteiger partial charge on any atom is -0.480 e. The zero-order chi connectivity index (χ0) is 13.0. The van der Waals surface area contributed by atoms with Crippen molar-refractivity contribution in [3.63, 3.8) is 0 Å². The van der Waals surface area contributed by atoms with Crippen LogP contribution in [-0.2, 0) is 4.79 Å². The van der Waals surface area contributed by atoms with E-state index < -0.39 is 12.0 Å². The molecular formula is C12H20N2O3. The van der Waals surface area contributed by atoms with Crippen molar-refractivity contribution in [2.24, 2.45) is 0 Å². The van der Waals surface area contributed by atoms with Crippen LogP contribution in [0.3, 0.4) is 0 Å². The van der Waals surface area contributed by atoms with Crippen molar-refractivity contribution in [2.75, 3.05) is 20.1 Å². The molecule has 0 aromatic heterocycles. The maximum atomic E-state index is 12.1. The second kappa shape index (κ2) is 5.70. The van der Waals surface area contributed by atoms with Crippen LogP contribution in [0, 0.1) is 0 Å². The molecule has 1 N–H and O–H groups in total. The molecule has 5 heteroatoms. The molecule has 1 heterocycles. The third-order valence-corrected chi connectivity index (χ3v) is 3.15. The second-order valence-corrected chi connectivity index (χ2v) is 4.40. The Labute approximate surface area is 102 Å². The summed E-state index contributed by atoms with van der Waals surface area (Å²) in [4.78, 5) is 26.1.